The lowest BCUT2D eigenvalue weighted by atomic mass is 10.1. The second-order valence-corrected chi connectivity index (χ2v) is 4.31. The maximum Gasteiger partial charge on any atom is 0.345 e. The molecule has 0 amide bonds. The first-order valence-corrected chi connectivity index (χ1v) is 5.78. The average Bonchev–Trinajstić information content (AvgIpc) is 2.76. The van der Waals surface area contributed by atoms with Gasteiger partial charge >= 0.3 is 5.69 Å². The monoisotopic (exact) mass is 254 g/mol. The number of carbonyl (C=O) groups excluding carboxylic acids is 1. The number of H-pyrrole nitrogens is 1. The molecular weight excluding hydrogens is 248 g/mol. The van der Waals surface area contributed by atoms with Gasteiger partial charge in [-0.3, -0.25) is 4.79 Å². The maximum atomic E-state index is 11.7. The predicted octanol–water partition coefficient (Wildman–Crippen LogP) is 1.91. The van der Waals surface area contributed by atoms with Crippen LogP contribution in [0.25, 0.3) is 0 Å². The highest BCUT2D eigenvalue weighted by Crippen LogP contribution is 2.14. The fourth-order valence-corrected chi connectivity index (χ4v) is 2.05. The molecule has 0 saturated carbocycles. The smallest absolute Gasteiger partial charge is 0.308 e. The molecule has 4 nitrogen and oxygen atoms in total. The largest absolute Gasteiger partial charge is 0.345 e. The Morgan fingerprint density at radius 3 is 3.06 bits per heavy atom. The molecule has 0 unspecified atom stereocenters. The van der Waals surface area contributed by atoms with Crippen LogP contribution < -0.4 is 5.69 Å². The Morgan fingerprint density at radius 2 is 2.38 bits per heavy atom. The molecule has 82 valence electrons. The summed E-state index contributed by atoms with van der Waals surface area (Å²) in [5.41, 5.74) is 0.522. The minimum absolute atomic E-state index is 0.0767. The summed E-state index contributed by atoms with van der Waals surface area (Å²) >= 11 is 7.27. The Kier molecular flexibility index (Phi) is 3.17. The van der Waals surface area contributed by atoms with Crippen molar-refractivity contribution in [2.24, 2.45) is 0 Å². The van der Waals surface area contributed by atoms with E-state index in [2.05, 4.69) is 9.97 Å². The first-order chi connectivity index (χ1) is 7.66. The van der Waals surface area contributed by atoms with Crippen molar-refractivity contribution in [2.45, 2.75) is 6.42 Å². The highest BCUT2D eigenvalue weighted by molar-refractivity contribution is 7.08. The summed E-state index contributed by atoms with van der Waals surface area (Å²) in [5.74, 6) is -0.0787. The fraction of sp³-hybridized carbons (Fsp3) is 0.100. The van der Waals surface area contributed by atoms with Crippen LogP contribution in [0, 0.1) is 0 Å². The minimum Gasteiger partial charge on any atom is -0.308 e. The third-order valence-electron chi connectivity index (χ3n) is 2.02. The van der Waals surface area contributed by atoms with Gasteiger partial charge in [0.15, 0.2) is 5.78 Å². The molecule has 0 spiro atoms. The van der Waals surface area contributed by atoms with Gasteiger partial charge in [0, 0.05) is 16.6 Å². The van der Waals surface area contributed by atoms with Gasteiger partial charge < -0.3 is 4.98 Å². The van der Waals surface area contributed by atoms with E-state index in [9.17, 15) is 9.59 Å². The van der Waals surface area contributed by atoms with E-state index >= 15 is 0 Å². The van der Waals surface area contributed by atoms with Gasteiger partial charge in [-0.15, -0.1) is 0 Å². The van der Waals surface area contributed by atoms with E-state index in [0.717, 1.165) is 0 Å². The van der Waals surface area contributed by atoms with Crippen LogP contribution in [-0.4, -0.2) is 15.8 Å². The van der Waals surface area contributed by atoms with Crippen molar-refractivity contribution in [1.82, 2.24) is 9.97 Å². The number of hydrogen-bond acceptors (Lipinski definition) is 4. The Labute approximate surface area is 99.9 Å². The van der Waals surface area contributed by atoms with Crippen LogP contribution in [-0.2, 0) is 6.42 Å². The van der Waals surface area contributed by atoms with Crippen molar-refractivity contribution in [3.05, 3.63) is 49.8 Å². The van der Waals surface area contributed by atoms with E-state index in [4.69, 9.17) is 11.6 Å². The van der Waals surface area contributed by atoms with Crippen molar-refractivity contribution in [2.75, 3.05) is 0 Å². The van der Waals surface area contributed by atoms with Gasteiger partial charge in [0.1, 0.15) is 0 Å². The van der Waals surface area contributed by atoms with Gasteiger partial charge in [0.2, 0.25) is 0 Å². The van der Waals surface area contributed by atoms with E-state index in [1.807, 2.05) is 5.38 Å². The van der Waals surface area contributed by atoms with Gasteiger partial charge in [-0.2, -0.15) is 11.3 Å². The zero-order valence-electron chi connectivity index (χ0n) is 8.07. The average molecular weight is 255 g/mol. The van der Waals surface area contributed by atoms with Gasteiger partial charge in [-0.25, -0.2) is 9.78 Å². The summed E-state index contributed by atoms with van der Waals surface area (Å²) < 4.78 is 0. The van der Waals surface area contributed by atoms with Crippen LogP contribution in [0.15, 0.2) is 27.8 Å². The highest BCUT2D eigenvalue weighted by Gasteiger charge is 2.10. The fourth-order valence-electron chi connectivity index (χ4n) is 1.23. The van der Waals surface area contributed by atoms with Crippen molar-refractivity contribution in [1.29, 1.82) is 0 Å². The summed E-state index contributed by atoms with van der Waals surface area (Å²) in [7, 11) is 0. The van der Waals surface area contributed by atoms with Gasteiger partial charge in [-0.1, -0.05) is 11.6 Å². The van der Waals surface area contributed by atoms with Crippen LogP contribution in [0.3, 0.4) is 0 Å². The zero-order chi connectivity index (χ0) is 11.5. The number of ketones is 1. The molecule has 0 bridgehead atoms. The summed E-state index contributed by atoms with van der Waals surface area (Å²) in [6.45, 7) is 0. The van der Waals surface area contributed by atoms with Crippen molar-refractivity contribution in [3.8, 4) is 0 Å². The molecule has 2 heterocycles. The first-order valence-electron chi connectivity index (χ1n) is 4.46. The van der Waals surface area contributed by atoms with Crippen molar-refractivity contribution < 1.29 is 4.79 Å². The minimum atomic E-state index is -0.502. The van der Waals surface area contributed by atoms with E-state index < -0.39 is 5.69 Å². The number of aromatic nitrogens is 2. The van der Waals surface area contributed by atoms with Crippen molar-refractivity contribution >= 4 is 28.7 Å². The zero-order valence-corrected chi connectivity index (χ0v) is 9.64. The SMILES string of the molecule is O=C(Cc1[nH]c(=O)ncc1Cl)c1ccsc1. The number of halogens is 1. The molecule has 2 aromatic rings. The van der Waals surface area contributed by atoms with Crippen LogP contribution in [0.5, 0.6) is 0 Å². The Balaban J connectivity index is 2.24. The van der Waals surface area contributed by atoms with Gasteiger partial charge in [0.05, 0.1) is 17.6 Å². The van der Waals surface area contributed by atoms with Crippen molar-refractivity contribution in [3.63, 3.8) is 0 Å². The molecule has 1 N–H and O–H groups in total. The molecule has 16 heavy (non-hydrogen) atoms. The molecule has 2 rings (SSSR count). The number of Topliss-reactive ketones (excluding diaryl/α,β-unsaturated/α-hetero) is 1. The lowest BCUT2D eigenvalue weighted by Crippen LogP contribution is -2.15. The molecule has 6 heteroatoms. The van der Waals surface area contributed by atoms with E-state index in [1.165, 1.54) is 17.5 Å². The summed E-state index contributed by atoms with van der Waals surface area (Å²) in [5, 5.41) is 3.88. The second kappa shape index (κ2) is 4.59. The lowest BCUT2D eigenvalue weighted by molar-refractivity contribution is 0.0992. The Hall–Kier alpha value is -1.46. The van der Waals surface area contributed by atoms with E-state index in [0.29, 0.717) is 16.3 Å². The lowest BCUT2D eigenvalue weighted by Gasteiger charge is -2.01. The second-order valence-electron chi connectivity index (χ2n) is 3.13. The standard InChI is InChI=1S/C10H7ClN2O2S/c11-7-4-12-10(15)13-8(7)3-9(14)6-1-2-16-5-6/h1-2,4-5H,3H2,(H,12,13,15). The topological polar surface area (TPSA) is 62.8 Å². The van der Waals surface area contributed by atoms with Crippen LogP contribution in [0.1, 0.15) is 16.1 Å². The summed E-state index contributed by atoms with van der Waals surface area (Å²) in [6.07, 6.45) is 1.32. The molecule has 0 atom stereocenters. The number of rotatable bonds is 3. The molecule has 0 aliphatic heterocycles. The highest BCUT2D eigenvalue weighted by atomic mass is 35.5. The van der Waals surface area contributed by atoms with Crippen LogP contribution >= 0.6 is 22.9 Å². The quantitative estimate of drug-likeness (QED) is 0.851. The summed E-state index contributed by atoms with van der Waals surface area (Å²) in [6, 6.07) is 1.74. The maximum absolute atomic E-state index is 11.7. The Bertz CT molecular complexity index is 562. The molecular formula is C10H7ClN2O2S. The molecule has 0 aliphatic carbocycles. The number of hydrogen-bond donors (Lipinski definition) is 1. The normalized spacial score (nSPS) is 10.3. The predicted molar refractivity (Wildman–Crippen MR) is 62.2 cm³/mol. The number of nitrogens with one attached hydrogen (secondary N) is 1. The van der Waals surface area contributed by atoms with Crippen LogP contribution in [0.2, 0.25) is 5.02 Å². The Morgan fingerprint density at radius 1 is 1.56 bits per heavy atom. The number of nitrogens with zero attached hydrogens (tertiary/aromatic N) is 1. The molecule has 0 aliphatic rings. The van der Waals surface area contributed by atoms with E-state index in [1.54, 1.807) is 11.4 Å². The molecule has 0 saturated heterocycles. The molecule has 0 radical (unpaired) electrons. The molecule has 0 aromatic carbocycles. The third kappa shape index (κ3) is 2.37. The molecule has 2 aromatic heterocycles. The van der Waals surface area contributed by atoms with Gasteiger partial charge in [-0.05, 0) is 11.4 Å². The summed E-state index contributed by atoms with van der Waals surface area (Å²) in [4.78, 5) is 28.6. The molecule has 0 fully saturated rings. The number of aromatic amines is 1. The number of carbonyl (C=O) groups is 1. The van der Waals surface area contributed by atoms with E-state index in [-0.39, 0.29) is 12.2 Å². The number of thiophene rings is 1. The third-order valence-corrected chi connectivity index (χ3v) is 3.03. The first kappa shape index (κ1) is 11.0. The van der Waals surface area contributed by atoms with Crippen LogP contribution in [0.4, 0.5) is 0 Å². The van der Waals surface area contributed by atoms with Gasteiger partial charge in [0.25, 0.3) is 0 Å².